The molecule has 0 fully saturated rings. The van der Waals surface area contributed by atoms with Crippen molar-refractivity contribution in [3.05, 3.63) is 51.5 Å². The molecular weight excluding hydrogens is 308 g/mol. The number of carbonyl (C=O) groups excluding carboxylic acids is 1. The second-order valence-electron chi connectivity index (χ2n) is 6.78. The molecule has 5 heteroatoms. The summed E-state index contributed by atoms with van der Waals surface area (Å²) in [6.45, 7) is 7.45. The molecule has 0 saturated heterocycles. The lowest BCUT2D eigenvalue weighted by molar-refractivity contribution is 0.0968. The van der Waals surface area contributed by atoms with Gasteiger partial charge in [0.05, 0.1) is 23.1 Å². The molecule has 1 aromatic heterocycles. The van der Waals surface area contributed by atoms with Crippen molar-refractivity contribution in [3.8, 4) is 0 Å². The Balaban J connectivity index is 1.99. The van der Waals surface area contributed by atoms with Crippen LogP contribution in [-0.4, -0.2) is 10.9 Å². The van der Waals surface area contributed by atoms with Gasteiger partial charge >= 0.3 is 0 Å². The minimum Gasteiger partial charge on any atom is -0.371 e. The van der Waals surface area contributed by atoms with Gasteiger partial charge in [-0.25, -0.2) is 4.98 Å². The quantitative estimate of drug-likeness (QED) is 0.835. The average molecular weight is 332 g/mol. The maximum Gasteiger partial charge on any atom is 0.268 e. The number of aryl methyl sites for hydroxylation is 1. The van der Waals surface area contributed by atoms with Crippen LogP contribution in [0.4, 0.5) is 0 Å². The minimum atomic E-state index is -0.485. The zero-order valence-electron chi connectivity index (χ0n) is 14.0. The number of nitrogens with zero attached hydrogens (tertiary/aromatic N) is 1. The van der Waals surface area contributed by atoms with E-state index in [4.69, 9.17) is 10.5 Å². The van der Waals surface area contributed by atoms with E-state index in [0.717, 1.165) is 28.3 Å². The number of ether oxygens (including phenoxy) is 1. The fourth-order valence-corrected chi connectivity index (χ4v) is 3.13. The van der Waals surface area contributed by atoms with Gasteiger partial charge in [0.15, 0.2) is 0 Å². The topological polar surface area (TPSA) is 65.2 Å². The number of aromatic nitrogens is 1. The van der Waals surface area contributed by atoms with Crippen LogP contribution in [0, 0.1) is 5.41 Å². The van der Waals surface area contributed by atoms with Crippen molar-refractivity contribution in [2.45, 2.75) is 46.8 Å². The summed E-state index contributed by atoms with van der Waals surface area (Å²) in [6, 6.07) is 9.95. The lowest BCUT2D eigenvalue weighted by Gasteiger charge is -2.16. The lowest BCUT2D eigenvalue weighted by atomic mass is 9.91. The molecule has 1 aromatic carbocycles. The molecule has 4 nitrogen and oxygen atoms in total. The number of nitrogens with two attached hydrogens (primary N) is 1. The van der Waals surface area contributed by atoms with Crippen LogP contribution >= 0.6 is 11.3 Å². The normalized spacial score (nSPS) is 11.6. The Morgan fingerprint density at radius 2 is 1.91 bits per heavy atom. The third-order valence-electron chi connectivity index (χ3n) is 3.41. The zero-order valence-corrected chi connectivity index (χ0v) is 14.8. The molecule has 124 valence electrons. The minimum absolute atomic E-state index is 0.239. The van der Waals surface area contributed by atoms with E-state index in [-0.39, 0.29) is 5.41 Å². The molecule has 0 radical (unpaired) electrons. The molecule has 0 aliphatic carbocycles. The van der Waals surface area contributed by atoms with E-state index >= 15 is 0 Å². The number of hydrogen-bond acceptors (Lipinski definition) is 4. The Morgan fingerprint density at radius 1 is 1.22 bits per heavy atom. The fraction of sp³-hybridized carbons (Fsp3) is 0.444. The first-order chi connectivity index (χ1) is 10.8. The van der Waals surface area contributed by atoms with Crippen LogP contribution in [0.15, 0.2) is 30.3 Å². The number of amides is 1. The van der Waals surface area contributed by atoms with Crippen molar-refractivity contribution >= 4 is 17.2 Å². The first-order valence-corrected chi connectivity index (χ1v) is 8.57. The van der Waals surface area contributed by atoms with Crippen LogP contribution in [0.1, 0.15) is 53.1 Å². The highest BCUT2D eigenvalue weighted by Crippen LogP contribution is 2.26. The van der Waals surface area contributed by atoms with E-state index in [1.165, 1.54) is 11.3 Å². The summed E-state index contributed by atoms with van der Waals surface area (Å²) >= 11 is 1.53. The fourth-order valence-electron chi connectivity index (χ4n) is 2.12. The molecule has 0 aliphatic rings. The van der Waals surface area contributed by atoms with E-state index in [2.05, 4.69) is 25.8 Å². The molecule has 0 unspecified atom stereocenters. The Kier molecular flexibility index (Phi) is 5.91. The van der Waals surface area contributed by atoms with Crippen molar-refractivity contribution in [3.63, 3.8) is 0 Å². The van der Waals surface area contributed by atoms with Crippen molar-refractivity contribution < 1.29 is 9.53 Å². The van der Waals surface area contributed by atoms with Crippen molar-refractivity contribution in [2.24, 2.45) is 11.1 Å². The van der Waals surface area contributed by atoms with Gasteiger partial charge in [-0.3, -0.25) is 4.79 Å². The standard InChI is InChI=1S/C18H24N2O2S/c1-18(2,3)10-9-15-20-16(17(19)21)14(23-15)12-22-11-13-7-5-4-6-8-13/h4-8H,9-12H2,1-3H3,(H2,19,21). The maximum atomic E-state index is 11.6. The second kappa shape index (κ2) is 7.70. The average Bonchev–Trinajstić information content (AvgIpc) is 2.89. The SMILES string of the molecule is CC(C)(C)CCc1nc(C(N)=O)c(COCc2ccccc2)s1. The molecule has 2 aromatic rings. The molecule has 0 spiro atoms. The molecule has 0 bridgehead atoms. The summed E-state index contributed by atoms with van der Waals surface area (Å²) in [5.41, 5.74) is 7.14. The highest BCUT2D eigenvalue weighted by atomic mass is 32.1. The predicted octanol–water partition coefficient (Wildman–Crippen LogP) is 3.94. The maximum absolute atomic E-state index is 11.6. The molecule has 1 amide bonds. The number of thiazole rings is 1. The summed E-state index contributed by atoms with van der Waals surface area (Å²) in [7, 11) is 0. The lowest BCUT2D eigenvalue weighted by Crippen LogP contribution is -2.14. The van der Waals surface area contributed by atoms with Gasteiger partial charge in [0.2, 0.25) is 0 Å². The molecule has 0 atom stereocenters. The Labute approximate surface area is 141 Å². The predicted molar refractivity (Wildman–Crippen MR) is 93.3 cm³/mol. The summed E-state index contributed by atoms with van der Waals surface area (Å²) < 4.78 is 5.72. The van der Waals surface area contributed by atoms with E-state index in [0.29, 0.717) is 18.9 Å². The Morgan fingerprint density at radius 3 is 2.52 bits per heavy atom. The molecule has 0 saturated carbocycles. The van der Waals surface area contributed by atoms with Gasteiger partial charge in [-0.15, -0.1) is 11.3 Å². The first-order valence-electron chi connectivity index (χ1n) is 7.75. The monoisotopic (exact) mass is 332 g/mol. The number of rotatable bonds is 7. The number of primary amides is 1. The summed E-state index contributed by atoms with van der Waals surface area (Å²) in [6.07, 6.45) is 1.87. The van der Waals surface area contributed by atoms with Gasteiger partial charge in [0, 0.05) is 0 Å². The highest BCUT2D eigenvalue weighted by Gasteiger charge is 2.18. The van der Waals surface area contributed by atoms with Crippen molar-refractivity contribution in [1.82, 2.24) is 4.98 Å². The molecule has 1 heterocycles. The van der Waals surface area contributed by atoms with Crippen LogP contribution < -0.4 is 5.73 Å². The van der Waals surface area contributed by atoms with Gasteiger partial charge in [0.1, 0.15) is 5.69 Å². The molecule has 2 N–H and O–H groups in total. The smallest absolute Gasteiger partial charge is 0.268 e. The molecule has 0 aliphatic heterocycles. The molecule has 2 rings (SSSR count). The largest absolute Gasteiger partial charge is 0.371 e. The summed E-state index contributed by atoms with van der Waals surface area (Å²) in [5.74, 6) is -0.485. The first kappa shape index (κ1) is 17.6. The van der Waals surface area contributed by atoms with Gasteiger partial charge < -0.3 is 10.5 Å². The molecular formula is C18H24N2O2S. The highest BCUT2D eigenvalue weighted by molar-refractivity contribution is 7.11. The van der Waals surface area contributed by atoms with E-state index in [1.54, 1.807) is 0 Å². The van der Waals surface area contributed by atoms with Crippen molar-refractivity contribution in [1.29, 1.82) is 0 Å². The summed E-state index contributed by atoms with van der Waals surface area (Å²) in [4.78, 5) is 16.8. The van der Waals surface area contributed by atoms with E-state index in [9.17, 15) is 4.79 Å². The number of hydrogen-bond donors (Lipinski definition) is 1. The van der Waals surface area contributed by atoms with Gasteiger partial charge in [-0.2, -0.15) is 0 Å². The van der Waals surface area contributed by atoms with Crippen LogP contribution in [0.3, 0.4) is 0 Å². The molecule has 23 heavy (non-hydrogen) atoms. The van der Waals surface area contributed by atoms with E-state index in [1.807, 2.05) is 30.3 Å². The van der Waals surface area contributed by atoms with Gasteiger partial charge in [-0.05, 0) is 23.8 Å². The Hall–Kier alpha value is -1.72. The van der Waals surface area contributed by atoms with Crippen molar-refractivity contribution in [2.75, 3.05) is 0 Å². The van der Waals surface area contributed by atoms with Crippen LogP contribution in [-0.2, 0) is 24.4 Å². The van der Waals surface area contributed by atoms with Crippen LogP contribution in [0.25, 0.3) is 0 Å². The third kappa shape index (κ3) is 5.77. The number of carbonyl (C=O) groups is 1. The zero-order chi connectivity index (χ0) is 16.9. The Bertz CT molecular complexity index is 645. The number of benzene rings is 1. The van der Waals surface area contributed by atoms with Crippen LogP contribution in [0.2, 0.25) is 0 Å². The van der Waals surface area contributed by atoms with E-state index < -0.39 is 5.91 Å². The van der Waals surface area contributed by atoms with Crippen LogP contribution in [0.5, 0.6) is 0 Å². The summed E-state index contributed by atoms with van der Waals surface area (Å²) in [5, 5.41) is 0.951. The van der Waals surface area contributed by atoms with Gasteiger partial charge in [-0.1, -0.05) is 51.1 Å². The van der Waals surface area contributed by atoms with Gasteiger partial charge in [0.25, 0.3) is 5.91 Å². The second-order valence-corrected chi connectivity index (χ2v) is 7.95. The third-order valence-corrected chi connectivity index (χ3v) is 4.50.